The minimum Gasteiger partial charge on any atom is -0.393 e. The van der Waals surface area contributed by atoms with Gasteiger partial charge in [0.1, 0.15) is 5.69 Å². The van der Waals surface area contributed by atoms with Crippen molar-refractivity contribution in [3.05, 3.63) is 33.9 Å². The van der Waals surface area contributed by atoms with Gasteiger partial charge in [-0.2, -0.15) is 0 Å². The molecule has 0 bridgehead atoms. The third-order valence-corrected chi connectivity index (χ3v) is 3.85. The molecule has 0 radical (unpaired) electrons. The van der Waals surface area contributed by atoms with Crippen molar-refractivity contribution < 1.29 is 9.72 Å². The average molecular weight is 278 g/mol. The molecule has 0 aromatic heterocycles. The molecule has 0 heterocycles. The summed E-state index contributed by atoms with van der Waals surface area (Å²) in [4.78, 5) is 22.5. The number of nitrogens with one attached hydrogen (secondary N) is 1. The summed E-state index contributed by atoms with van der Waals surface area (Å²) in [7, 11) is 0. The number of nitrogen functional groups attached to an aromatic ring is 1. The average Bonchev–Trinajstić information content (AvgIpc) is 2.87. The molecule has 1 aliphatic carbocycles. The predicted molar refractivity (Wildman–Crippen MR) is 75.2 cm³/mol. The van der Waals surface area contributed by atoms with Crippen LogP contribution in [-0.2, 0) is 0 Å². The standard InChI is InChI=1S/C13H18N4O3/c14-8-13(6-1-2-7-13)16-12(18)9-4-3-5-10(11(9)15)17(19)20/h3-5H,1-2,6-8,14-15H2,(H,16,18). The fourth-order valence-corrected chi connectivity index (χ4v) is 2.65. The van der Waals surface area contributed by atoms with E-state index < -0.39 is 16.4 Å². The smallest absolute Gasteiger partial charge is 0.292 e. The number of rotatable bonds is 4. The maximum Gasteiger partial charge on any atom is 0.292 e. The molecular formula is C13H18N4O3. The number of para-hydroxylation sites is 1. The summed E-state index contributed by atoms with van der Waals surface area (Å²) in [6.45, 7) is 0.355. The summed E-state index contributed by atoms with van der Waals surface area (Å²) < 4.78 is 0. The Morgan fingerprint density at radius 1 is 1.40 bits per heavy atom. The lowest BCUT2D eigenvalue weighted by atomic mass is 9.97. The van der Waals surface area contributed by atoms with Gasteiger partial charge in [0.05, 0.1) is 16.0 Å². The maximum atomic E-state index is 12.3. The molecule has 0 unspecified atom stereocenters. The minimum absolute atomic E-state index is 0.111. The number of nitrogens with zero attached hydrogens (tertiary/aromatic N) is 1. The van der Waals surface area contributed by atoms with E-state index in [1.165, 1.54) is 18.2 Å². The normalized spacial score (nSPS) is 16.9. The van der Waals surface area contributed by atoms with E-state index in [2.05, 4.69) is 5.32 Å². The van der Waals surface area contributed by atoms with Crippen LogP contribution in [0, 0.1) is 10.1 Å². The Morgan fingerprint density at radius 3 is 2.60 bits per heavy atom. The van der Waals surface area contributed by atoms with E-state index in [9.17, 15) is 14.9 Å². The molecule has 0 spiro atoms. The molecule has 2 rings (SSSR count). The van der Waals surface area contributed by atoms with Crippen LogP contribution in [0.1, 0.15) is 36.0 Å². The third-order valence-electron chi connectivity index (χ3n) is 3.85. The van der Waals surface area contributed by atoms with Crippen LogP contribution < -0.4 is 16.8 Å². The fraction of sp³-hybridized carbons (Fsp3) is 0.462. The molecule has 5 N–H and O–H groups in total. The van der Waals surface area contributed by atoms with E-state index in [1.807, 2.05) is 0 Å². The number of amides is 1. The molecular weight excluding hydrogens is 260 g/mol. The van der Waals surface area contributed by atoms with Crippen LogP contribution in [0.4, 0.5) is 11.4 Å². The zero-order chi connectivity index (χ0) is 14.8. The summed E-state index contributed by atoms with van der Waals surface area (Å²) in [5.74, 6) is -0.404. The molecule has 7 nitrogen and oxygen atoms in total. The lowest BCUT2D eigenvalue weighted by Crippen LogP contribution is -2.51. The van der Waals surface area contributed by atoms with E-state index >= 15 is 0 Å². The van der Waals surface area contributed by atoms with Gasteiger partial charge in [-0.05, 0) is 18.9 Å². The van der Waals surface area contributed by atoms with Crippen molar-refractivity contribution in [1.82, 2.24) is 5.32 Å². The highest BCUT2D eigenvalue weighted by molar-refractivity contribution is 6.01. The SMILES string of the molecule is NCC1(NC(=O)c2cccc([N+](=O)[O-])c2N)CCCC1. The molecule has 1 aromatic rings. The van der Waals surface area contributed by atoms with Crippen molar-refractivity contribution in [1.29, 1.82) is 0 Å². The van der Waals surface area contributed by atoms with Gasteiger partial charge in [-0.1, -0.05) is 18.9 Å². The van der Waals surface area contributed by atoms with Crippen LogP contribution in [0.2, 0.25) is 0 Å². The maximum absolute atomic E-state index is 12.3. The van der Waals surface area contributed by atoms with Crippen LogP contribution >= 0.6 is 0 Å². The first-order chi connectivity index (χ1) is 9.49. The lowest BCUT2D eigenvalue weighted by molar-refractivity contribution is -0.383. The Kier molecular flexibility index (Phi) is 3.89. The van der Waals surface area contributed by atoms with Crippen molar-refractivity contribution in [3.63, 3.8) is 0 Å². The third kappa shape index (κ3) is 2.57. The highest BCUT2D eigenvalue weighted by Crippen LogP contribution is 2.30. The summed E-state index contributed by atoms with van der Waals surface area (Å²) in [6.07, 6.45) is 3.68. The molecule has 0 saturated heterocycles. The lowest BCUT2D eigenvalue weighted by Gasteiger charge is -2.28. The number of hydrogen-bond acceptors (Lipinski definition) is 5. The number of nitrogens with two attached hydrogens (primary N) is 2. The summed E-state index contributed by atoms with van der Waals surface area (Å²) in [5.41, 5.74) is 10.8. The zero-order valence-corrected chi connectivity index (χ0v) is 11.1. The van der Waals surface area contributed by atoms with Crippen LogP contribution in [-0.4, -0.2) is 22.9 Å². The van der Waals surface area contributed by atoms with Gasteiger partial charge in [-0.3, -0.25) is 14.9 Å². The van der Waals surface area contributed by atoms with Gasteiger partial charge in [0.15, 0.2) is 0 Å². The van der Waals surface area contributed by atoms with Gasteiger partial charge in [-0.25, -0.2) is 0 Å². The first-order valence-corrected chi connectivity index (χ1v) is 6.54. The zero-order valence-electron chi connectivity index (χ0n) is 11.1. The largest absolute Gasteiger partial charge is 0.393 e. The summed E-state index contributed by atoms with van der Waals surface area (Å²) >= 11 is 0. The number of hydrogen-bond donors (Lipinski definition) is 3. The molecule has 1 amide bonds. The number of anilines is 1. The van der Waals surface area contributed by atoms with Crippen LogP contribution in [0.25, 0.3) is 0 Å². The van der Waals surface area contributed by atoms with Gasteiger partial charge in [-0.15, -0.1) is 0 Å². The van der Waals surface area contributed by atoms with Crippen molar-refractivity contribution >= 4 is 17.3 Å². The molecule has 1 saturated carbocycles. The Morgan fingerprint density at radius 2 is 2.05 bits per heavy atom. The molecule has 108 valence electrons. The van der Waals surface area contributed by atoms with Crippen LogP contribution in [0.15, 0.2) is 18.2 Å². The quantitative estimate of drug-likeness (QED) is 0.433. The van der Waals surface area contributed by atoms with Crippen LogP contribution in [0.3, 0.4) is 0 Å². The van der Waals surface area contributed by atoms with E-state index in [0.29, 0.717) is 6.54 Å². The minimum atomic E-state index is -0.597. The Hall–Kier alpha value is -2.15. The van der Waals surface area contributed by atoms with E-state index in [0.717, 1.165) is 25.7 Å². The van der Waals surface area contributed by atoms with Crippen molar-refractivity contribution in [3.8, 4) is 0 Å². The Bertz CT molecular complexity index is 538. The van der Waals surface area contributed by atoms with Gasteiger partial charge < -0.3 is 16.8 Å². The van der Waals surface area contributed by atoms with E-state index in [1.54, 1.807) is 0 Å². The number of carbonyl (C=O) groups excluding carboxylic acids is 1. The highest BCUT2D eigenvalue weighted by atomic mass is 16.6. The van der Waals surface area contributed by atoms with Gasteiger partial charge in [0, 0.05) is 12.6 Å². The number of nitro benzene ring substituents is 1. The topological polar surface area (TPSA) is 124 Å². The van der Waals surface area contributed by atoms with Crippen LogP contribution in [0.5, 0.6) is 0 Å². The summed E-state index contributed by atoms with van der Waals surface area (Å²) in [5, 5.41) is 13.7. The van der Waals surface area contributed by atoms with Gasteiger partial charge in [0.2, 0.25) is 0 Å². The number of benzene rings is 1. The molecule has 1 aliphatic rings. The Balaban J connectivity index is 2.25. The van der Waals surface area contributed by atoms with Gasteiger partial charge in [0.25, 0.3) is 11.6 Å². The second-order valence-corrected chi connectivity index (χ2v) is 5.14. The monoisotopic (exact) mass is 278 g/mol. The molecule has 7 heteroatoms. The molecule has 1 fully saturated rings. The number of nitro groups is 1. The highest BCUT2D eigenvalue weighted by Gasteiger charge is 2.34. The first kappa shape index (κ1) is 14.3. The summed E-state index contributed by atoms with van der Waals surface area (Å²) in [6, 6.07) is 4.21. The van der Waals surface area contributed by atoms with Crippen molar-refractivity contribution in [2.24, 2.45) is 5.73 Å². The van der Waals surface area contributed by atoms with Gasteiger partial charge >= 0.3 is 0 Å². The molecule has 1 aromatic carbocycles. The molecule has 0 atom stereocenters. The molecule has 20 heavy (non-hydrogen) atoms. The fourth-order valence-electron chi connectivity index (χ4n) is 2.65. The molecule has 0 aliphatic heterocycles. The first-order valence-electron chi connectivity index (χ1n) is 6.54. The second-order valence-electron chi connectivity index (χ2n) is 5.14. The van der Waals surface area contributed by atoms with E-state index in [4.69, 9.17) is 11.5 Å². The van der Waals surface area contributed by atoms with Crippen molar-refractivity contribution in [2.75, 3.05) is 12.3 Å². The Labute approximate surface area is 116 Å². The number of carbonyl (C=O) groups is 1. The van der Waals surface area contributed by atoms with Crippen molar-refractivity contribution in [2.45, 2.75) is 31.2 Å². The van der Waals surface area contributed by atoms with E-state index in [-0.39, 0.29) is 16.9 Å². The second kappa shape index (κ2) is 5.46. The predicted octanol–water partition coefficient (Wildman–Crippen LogP) is 1.18.